The molecule has 23 heavy (non-hydrogen) atoms. The van der Waals surface area contributed by atoms with E-state index in [9.17, 15) is 22.0 Å². The van der Waals surface area contributed by atoms with E-state index in [1.807, 2.05) is 12.3 Å². The summed E-state index contributed by atoms with van der Waals surface area (Å²) in [5.74, 6) is -3.24. The summed E-state index contributed by atoms with van der Waals surface area (Å²) >= 11 is 0. The number of carbonyl (C=O) groups excluding carboxylic acids is 1. The minimum atomic E-state index is -4.58. The second kappa shape index (κ2) is 6.43. The number of hydrogen-bond donors (Lipinski definition) is 2. The number of sulfonamides is 1. The first kappa shape index (κ1) is 17.0. The molecule has 0 saturated heterocycles. The van der Waals surface area contributed by atoms with Crippen LogP contribution in [0.15, 0.2) is 41.3 Å². The zero-order valence-electron chi connectivity index (χ0n) is 12.4. The number of rotatable bonds is 4. The zero-order chi connectivity index (χ0) is 17.2. The Balaban J connectivity index is 2.21. The Labute approximate surface area is 132 Å². The lowest BCUT2D eigenvalue weighted by atomic mass is 10.1. The average Bonchev–Trinajstić information content (AvgIpc) is 2.44. The van der Waals surface area contributed by atoms with Crippen molar-refractivity contribution in [2.75, 3.05) is 0 Å². The van der Waals surface area contributed by atoms with Crippen LogP contribution in [0.3, 0.4) is 0 Å². The molecule has 0 aliphatic rings. The van der Waals surface area contributed by atoms with Gasteiger partial charge in [-0.3, -0.25) is 10.2 Å². The maximum absolute atomic E-state index is 13.5. The molecular formula is C15H14F2N2O3S. The van der Waals surface area contributed by atoms with E-state index in [1.54, 1.807) is 23.9 Å². The van der Waals surface area contributed by atoms with Gasteiger partial charge in [0.2, 0.25) is 0 Å². The lowest BCUT2D eigenvalue weighted by molar-refractivity contribution is 0.0944. The van der Waals surface area contributed by atoms with Gasteiger partial charge in [0.25, 0.3) is 15.9 Å². The van der Waals surface area contributed by atoms with Crippen LogP contribution in [0.1, 0.15) is 21.5 Å². The Morgan fingerprint density at radius 2 is 1.65 bits per heavy atom. The molecule has 0 saturated carbocycles. The van der Waals surface area contributed by atoms with Gasteiger partial charge in [-0.2, -0.15) is 0 Å². The number of benzene rings is 2. The van der Waals surface area contributed by atoms with E-state index in [0.717, 1.165) is 23.8 Å². The lowest BCUT2D eigenvalue weighted by Crippen LogP contribution is -2.42. The molecule has 8 heteroatoms. The fourth-order valence-corrected chi connectivity index (χ4v) is 3.02. The molecule has 0 bridgehead atoms. The molecule has 1 amide bonds. The van der Waals surface area contributed by atoms with Crippen LogP contribution < -0.4 is 10.3 Å². The number of hydrazine groups is 1. The van der Waals surface area contributed by atoms with Gasteiger partial charge in [0, 0.05) is 5.56 Å². The molecular weight excluding hydrogens is 326 g/mol. The van der Waals surface area contributed by atoms with Crippen molar-refractivity contribution in [3.05, 3.63) is 64.7 Å². The summed E-state index contributed by atoms with van der Waals surface area (Å²) < 4.78 is 50.9. The number of carbonyl (C=O) groups is 1. The zero-order valence-corrected chi connectivity index (χ0v) is 13.2. The van der Waals surface area contributed by atoms with Gasteiger partial charge in [-0.1, -0.05) is 23.8 Å². The van der Waals surface area contributed by atoms with Crippen molar-refractivity contribution in [1.82, 2.24) is 10.3 Å². The van der Waals surface area contributed by atoms with Gasteiger partial charge in [0.1, 0.15) is 11.6 Å². The second-order valence-electron chi connectivity index (χ2n) is 4.93. The van der Waals surface area contributed by atoms with Crippen molar-refractivity contribution in [3.8, 4) is 0 Å². The monoisotopic (exact) mass is 340 g/mol. The SMILES string of the molecule is Cc1ccc(C(=O)NNS(=O)(=O)c2c(F)cccc2F)c(C)c1. The second-order valence-corrected chi connectivity index (χ2v) is 6.55. The Bertz CT molecular complexity index is 847. The molecule has 2 aromatic rings. The van der Waals surface area contributed by atoms with Gasteiger partial charge in [-0.15, -0.1) is 4.83 Å². The van der Waals surface area contributed by atoms with E-state index < -0.39 is 32.5 Å². The van der Waals surface area contributed by atoms with Gasteiger partial charge in [-0.05, 0) is 37.6 Å². The van der Waals surface area contributed by atoms with Crippen LogP contribution >= 0.6 is 0 Å². The molecule has 0 aromatic heterocycles. The molecule has 0 aliphatic heterocycles. The number of aryl methyl sites for hydroxylation is 2. The van der Waals surface area contributed by atoms with Crippen molar-refractivity contribution in [2.24, 2.45) is 0 Å². The standard InChI is InChI=1S/C15H14F2N2O3S/c1-9-6-7-11(10(2)8-9)15(20)18-19-23(21,22)14-12(16)4-3-5-13(14)17/h3-8,19H,1-2H3,(H,18,20). The highest BCUT2D eigenvalue weighted by molar-refractivity contribution is 7.89. The average molecular weight is 340 g/mol. The number of halogens is 2. The molecule has 0 unspecified atom stereocenters. The van der Waals surface area contributed by atoms with Crippen LogP contribution in [0, 0.1) is 25.5 Å². The van der Waals surface area contributed by atoms with Crippen LogP contribution in [0.5, 0.6) is 0 Å². The summed E-state index contributed by atoms with van der Waals surface area (Å²) in [5, 5.41) is 0. The van der Waals surface area contributed by atoms with Crippen molar-refractivity contribution < 1.29 is 22.0 Å². The molecule has 0 fully saturated rings. The van der Waals surface area contributed by atoms with Crippen molar-refractivity contribution in [3.63, 3.8) is 0 Å². The van der Waals surface area contributed by atoms with Crippen LogP contribution in [-0.4, -0.2) is 14.3 Å². The molecule has 0 spiro atoms. The smallest absolute Gasteiger partial charge is 0.266 e. The highest BCUT2D eigenvalue weighted by Crippen LogP contribution is 2.17. The van der Waals surface area contributed by atoms with Gasteiger partial charge in [0.05, 0.1) is 0 Å². The molecule has 0 radical (unpaired) electrons. The van der Waals surface area contributed by atoms with Crippen LogP contribution in [0.4, 0.5) is 8.78 Å². The van der Waals surface area contributed by atoms with Crippen LogP contribution in [0.25, 0.3) is 0 Å². The van der Waals surface area contributed by atoms with E-state index in [4.69, 9.17) is 0 Å². The molecule has 2 N–H and O–H groups in total. The summed E-state index contributed by atoms with van der Waals surface area (Å²) in [5.41, 5.74) is 3.76. The predicted octanol–water partition coefficient (Wildman–Crippen LogP) is 2.20. The molecule has 0 atom stereocenters. The minimum Gasteiger partial charge on any atom is -0.273 e. The first-order valence-electron chi connectivity index (χ1n) is 6.56. The topological polar surface area (TPSA) is 75.3 Å². The molecule has 2 rings (SSSR count). The lowest BCUT2D eigenvalue weighted by Gasteiger charge is -2.11. The number of hydrogen-bond acceptors (Lipinski definition) is 3. The third kappa shape index (κ3) is 3.72. The Morgan fingerprint density at radius 3 is 2.22 bits per heavy atom. The van der Waals surface area contributed by atoms with Gasteiger partial charge < -0.3 is 0 Å². The minimum absolute atomic E-state index is 0.243. The first-order chi connectivity index (χ1) is 10.7. The third-order valence-electron chi connectivity index (χ3n) is 3.11. The van der Waals surface area contributed by atoms with Crippen molar-refractivity contribution in [2.45, 2.75) is 18.7 Å². The summed E-state index contributed by atoms with van der Waals surface area (Å²) in [6.07, 6.45) is 0. The molecule has 122 valence electrons. The van der Waals surface area contributed by atoms with E-state index in [0.29, 0.717) is 5.56 Å². The van der Waals surface area contributed by atoms with Gasteiger partial charge >= 0.3 is 0 Å². The molecule has 5 nitrogen and oxygen atoms in total. The maximum Gasteiger partial charge on any atom is 0.266 e. The van der Waals surface area contributed by atoms with E-state index >= 15 is 0 Å². The highest BCUT2D eigenvalue weighted by atomic mass is 32.2. The molecule has 0 heterocycles. The Morgan fingerprint density at radius 1 is 1.04 bits per heavy atom. The summed E-state index contributed by atoms with van der Waals surface area (Å²) in [7, 11) is -4.58. The third-order valence-corrected chi connectivity index (χ3v) is 4.41. The quantitative estimate of drug-likeness (QED) is 0.838. The number of amides is 1. The number of nitrogens with one attached hydrogen (secondary N) is 2. The van der Waals surface area contributed by atoms with E-state index in [1.165, 1.54) is 6.07 Å². The predicted molar refractivity (Wildman–Crippen MR) is 80.1 cm³/mol. The molecule has 0 aliphatic carbocycles. The normalized spacial score (nSPS) is 11.3. The van der Waals surface area contributed by atoms with Crippen LogP contribution in [-0.2, 0) is 10.0 Å². The first-order valence-corrected chi connectivity index (χ1v) is 8.04. The largest absolute Gasteiger partial charge is 0.273 e. The van der Waals surface area contributed by atoms with Crippen molar-refractivity contribution in [1.29, 1.82) is 0 Å². The van der Waals surface area contributed by atoms with Crippen LogP contribution in [0.2, 0.25) is 0 Å². The highest BCUT2D eigenvalue weighted by Gasteiger charge is 2.24. The fraction of sp³-hybridized carbons (Fsp3) is 0.133. The maximum atomic E-state index is 13.5. The van der Waals surface area contributed by atoms with E-state index in [-0.39, 0.29) is 5.56 Å². The van der Waals surface area contributed by atoms with Crippen molar-refractivity contribution >= 4 is 15.9 Å². The van der Waals surface area contributed by atoms with E-state index in [2.05, 4.69) is 0 Å². The summed E-state index contributed by atoms with van der Waals surface area (Å²) in [6.45, 7) is 3.53. The Kier molecular flexibility index (Phi) is 4.76. The summed E-state index contributed by atoms with van der Waals surface area (Å²) in [4.78, 5) is 12.5. The van der Waals surface area contributed by atoms with Gasteiger partial charge in [0.15, 0.2) is 4.90 Å². The molecule has 2 aromatic carbocycles. The Hall–Kier alpha value is -2.32. The van der Waals surface area contributed by atoms with Gasteiger partial charge in [-0.25, -0.2) is 17.2 Å². The summed E-state index contributed by atoms with van der Waals surface area (Å²) in [6, 6.07) is 7.62. The fourth-order valence-electron chi connectivity index (χ4n) is 2.04.